The van der Waals surface area contributed by atoms with Crippen molar-refractivity contribution in [1.82, 2.24) is 15.1 Å². The van der Waals surface area contributed by atoms with Gasteiger partial charge in [0.25, 0.3) is 0 Å². The lowest BCUT2D eigenvalue weighted by atomic mass is 9.96. The number of urea groups is 1. The lowest BCUT2D eigenvalue weighted by Crippen LogP contribution is -2.50. The van der Waals surface area contributed by atoms with Crippen LogP contribution in [0, 0.1) is 5.92 Å². The van der Waals surface area contributed by atoms with Crippen molar-refractivity contribution in [3.05, 3.63) is 35.9 Å². The summed E-state index contributed by atoms with van der Waals surface area (Å²) in [6.45, 7) is 5.48. The molecular weight excluding hydrogens is 278 g/mol. The van der Waals surface area contributed by atoms with Crippen LogP contribution >= 0.6 is 0 Å². The molecule has 22 heavy (non-hydrogen) atoms. The monoisotopic (exact) mass is 305 g/mol. The summed E-state index contributed by atoms with van der Waals surface area (Å²) in [6.07, 6.45) is 0.461. The number of nitrogens with zero attached hydrogens (tertiary/aromatic N) is 2. The first-order valence-corrected chi connectivity index (χ1v) is 7.99. The molecule has 1 aliphatic rings. The first-order chi connectivity index (χ1) is 10.6. The van der Waals surface area contributed by atoms with Crippen molar-refractivity contribution in [3.63, 3.8) is 0 Å². The van der Waals surface area contributed by atoms with Crippen molar-refractivity contribution < 1.29 is 9.90 Å². The zero-order valence-electron chi connectivity index (χ0n) is 13.5. The highest BCUT2D eigenvalue weighted by Gasteiger charge is 2.26. The number of carbonyl (C=O) groups excluding carboxylic acids is 1. The normalized spacial score (nSPS) is 21.9. The van der Waals surface area contributed by atoms with Crippen LogP contribution in [-0.4, -0.2) is 60.3 Å². The molecule has 0 saturated carbocycles. The van der Waals surface area contributed by atoms with Crippen LogP contribution < -0.4 is 5.32 Å². The van der Waals surface area contributed by atoms with Crippen LogP contribution in [0.25, 0.3) is 0 Å². The van der Waals surface area contributed by atoms with Crippen molar-refractivity contribution >= 4 is 6.03 Å². The number of carbonyl (C=O) groups is 1. The fourth-order valence-electron chi connectivity index (χ4n) is 2.67. The van der Waals surface area contributed by atoms with Gasteiger partial charge < -0.3 is 20.2 Å². The molecule has 2 N–H and O–H groups in total. The predicted molar refractivity (Wildman–Crippen MR) is 87.5 cm³/mol. The number of benzene rings is 1. The summed E-state index contributed by atoms with van der Waals surface area (Å²) in [5, 5.41) is 12.8. The van der Waals surface area contributed by atoms with Gasteiger partial charge in [0.1, 0.15) is 0 Å². The molecule has 2 rings (SSSR count). The molecule has 1 aliphatic heterocycles. The average molecular weight is 305 g/mol. The number of β-amino-alcohol motifs (C(OH)–C–C–N with tert-alkyl or cyclic N) is 1. The zero-order valence-corrected chi connectivity index (χ0v) is 13.5. The Kier molecular flexibility index (Phi) is 6.21. The average Bonchev–Trinajstić information content (AvgIpc) is 2.51. The van der Waals surface area contributed by atoms with E-state index in [-0.39, 0.29) is 11.9 Å². The molecule has 0 radical (unpaired) electrons. The minimum Gasteiger partial charge on any atom is -0.391 e. The van der Waals surface area contributed by atoms with Crippen LogP contribution in [0.2, 0.25) is 0 Å². The maximum absolute atomic E-state index is 12.1. The van der Waals surface area contributed by atoms with Crippen LogP contribution in [0.3, 0.4) is 0 Å². The van der Waals surface area contributed by atoms with Gasteiger partial charge in [0, 0.05) is 32.7 Å². The van der Waals surface area contributed by atoms with Crippen molar-refractivity contribution in [2.75, 3.05) is 33.2 Å². The molecule has 5 nitrogen and oxygen atoms in total. The van der Waals surface area contributed by atoms with Crippen LogP contribution in [0.4, 0.5) is 4.79 Å². The van der Waals surface area contributed by atoms with Crippen LogP contribution in [-0.2, 0) is 6.54 Å². The molecule has 2 atom stereocenters. The number of aliphatic hydroxyl groups excluding tert-OH is 1. The molecule has 122 valence electrons. The van der Waals surface area contributed by atoms with E-state index in [9.17, 15) is 9.90 Å². The number of likely N-dealkylation sites (N-methyl/N-ethyl adjacent to an activating group) is 1. The van der Waals surface area contributed by atoms with Gasteiger partial charge in [0.05, 0.1) is 6.10 Å². The first-order valence-electron chi connectivity index (χ1n) is 7.99. The van der Waals surface area contributed by atoms with E-state index < -0.39 is 6.10 Å². The van der Waals surface area contributed by atoms with Gasteiger partial charge in [-0.05, 0) is 24.9 Å². The number of rotatable bonds is 5. The van der Waals surface area contributed by atoms with Crippen molar-refractivity contribution in [1.29, 1.82) is 0 Å². The summed E-state index contributed by atoms with van der Waals surface area (Å²) >= 11 is 0. The second-order valence-electron chi connectivity index (χ2n) is 6.23. The summed E-state index contributed by atoms with van der Waals surface area (Å²) < 4.78 is 0. The summed E-state index contributed by atoms with van der Waals surface area (Å²) in [5.41, 5.74) is 1.27. The van der Waals surface area contributed by atoms with Gasteiger partial charge in [-0.3, -0.25) is 0 Å². The first kappa shape index (κ1) is 16.8. The quantitative estimate of drug-likeness (QED) is 0.867. The summed E-state index contributed by atoms with van der Waals surface area (Å²) in [7, 11) is 2.05. The minimum atomic E-state index is -0.403. The van der Waals surface area contributed by atoms with Crippen molar-refractivity contribution in [3.8, 4) is 0 Å². The van der Waals surface area contributed by atoms with E-state index in [1.165, 1.54) is 5.56 Å². The Morgan fingerprint density at radius 1 is 1.41 bits per heavy atom. The molecule has 1 aromatic rings. The number of aliphatic hydroxyl groups is 1. The van der Waals surface area contributed by atoms with Gasteiger partial charge in [0.15, 0.2) is 0 Å². The number of hydrogen-bond donors (Lipinski definition) is 2. The highest BCUT2D eigenvalue weighted by atomic mass is 16.3. The largest absolute Gasteiger partial charge is 0.391 e. The molecule has 1 fully saturated rings. The van der Waals surface area contributed by atoms with E-state index in [1.54, 1.807) is 4.90 Å². The van der Waals surface area contributed by atoms with E-state index in [4.69, 9.17) is 0 Å². The number of amides is 2. The highest BCUT2D eigenvalue weighted by molar-refractivity contribution is 5.74. The van der Waals surface area contributed by atoms with Gasteiger partial charge in [-0.1, -0.05) is 37.3 Å². The summed E-state index contributed by atoms with van der Waals surface area (Å²) in [6, 6.07) is 10.2. The molecule has 0 bridgehead atoms. The minimum absolute atomic E-state index is 0.0703. The maximum Gasteiger partial charge on any atom is 0.317 e. The smallest absolute Gasteiger partial charge is 0.317 e. The standard InChI is InChI=1S/C17H27N3O2/c1-14-8-10-20(13-16(14)21)17(22)18-9-11-19(2)12-15-6-4-3-5-7-15/h3-7,14,16,21H,8-13H2,1-2H3,(H,18,22). The SMILES string of the molecule is CC1CCN(C(=O)NCCN(C)Cc2ccccc2)CC1O. The van der Waals surface area contributed by atoms with Gasteiger partial charge >= 0.3 is 6.03 Å². The van der Waals surface area contributed by atoms with Crippen molar-refractivity contribution in [2.45, 2.75) is 26.0 Å². The Labute approximate surface area is 132 Å². The van der Waals surface area contributed by atoms with E-state index in [1.807, 2.05) is 32.2 Å². The van der Waals surface area contributed by atoms with Gasteiger partial charge in [0.2, 0.25) is 0 Å². The zero-order chi connectivity index (χ0) is 15.9. The predicted octanol–water partition coefficient (Wildman–Crippen LogP) is 1.53. The van der Waals surface area contributed by atoms with Crippen LogP contribution in [0.1, 0.15) is 18.9 Å². The van der Waals surface area contributed by atoms with Crippen LogP contribution in [0.5, 0.6) is 0 Å². The molecule has 1 saturated heterocycles. The van der Waals surface area contributed by atoms with Gasteiger partial charge in [-0.25, -0.2) is 4.79 Å². The fraction of sp³-hybridized carbons (Fsp3) is 0.588. The third kappa shape index (κ3) is 5.00. The fourth-order valence-corrected chi connectivity index (χ4v) is 2.67. The molecule has 0 spiro atoms. The molecule has 5 heteroatoms. The molecule has 2 amide bonds. The molecule has 0 aliphatic carbocycles. The maximum atomic E-state index is 12.1. The van der Waals surface area contributed by atoms with E-state index in [2.05, 4.69) is 22.3 Å². The number of nitrogens with one attached hydrogen (secondary N) is 1. The topological polar surface area (TPSA) is 55.8 Å². The van der Waals surface area contributed by atoms with Gasteiger partial charge in [-0.15, -0.1) is 0 Å². The Morgan fingerprint density at radius 2 is 2.14 bits per heavy atom. The summed E-state index contributed by atoms with van der Waals surface area (Å²) in [4.78, 5) is 16.0. The second kappa shape index (κ2) is 8.15. The lowest BCUT2D eigenvalue weighted by molar-refractivity contribution is 0.0435. The third-order valence-corrected chi connectivity index (χ3v) is 4.27. The van der Waals surface area contributed by atoms with Gasteiger partial charge in [-0.2, -0.15) is 0 Å². The van der Waals surface area contributed by atoms with E-state index in [0.717, 1.165) is 26.1 Å². The number of hydrogen-bond acceptors (Lipinski definition) is 3. The number of piperidine rings is 1. The molecule has 1 aromatic carbocycles. The molecule has 2 unspecified atom stereocenters. The Balaban J connectivity index is 1.66. The summed E-state index contributed by atoms with van der Waals surface area (Å²) in [5.74, 6) is 0.279. The highest BCUT2D eigenvalue weighted by Crippen LogP contribution is 2.16. The van der Waals surface area contributed by atoms with E-state index in [0.29, 0.717) is 13.1 Å². The molecular formula is C17H27N3O2. The van der Waals surface area contributed by atoms with Crippen molar-refractivity contribution in [2.24, 2.45) is 5.92 Å². The Morgan fingerprint density at radius 3 is 2.82 bits per heavy atom. The molecule has 1 heterocycles. The second-order valence-corrected chi connectivity index (χ2v) is 6.23. The van der Waals surface area contributed by atoms with Crippen LogP contribution in [0.15, 0.2) is 30.3 Å². The lowest BCUT2D eigenvalue weighted by Gasteiger charge is -2.34. The number of likely N-dealkylation sites (tertiary alicyclic amines) is 1. The molecule has 0 aromatic heterocycles. The Bertz CT molecular complexity index is 466. The third-order valence-electron chi connectivity index (χ3n) is 4.27. The Hall–Kier alpha value is -1.59. The van der Waals surface area contributed by atoms with E-state index >= 15 is 0 Å².